The van der Waals surface area contributed by atoms with Crippen molar-refractivity contribution in [2.75, 3.05) is 39.1 Å². The molecule has 0 bridgehead atoms. The lowest BCUT2D eigenvalue weighted by Crippen LogP contribution is -2.25. The van der Waals surface area contributed by atoms with Gasteiger partial charge < -0.3 is 14.9 Å². The third kappa shape index (κ3) is 4.20. The van der Waals surface area contributed by atoms with Gasteiger partial charge in [0.1, 0.15) is 0 Å². The number of carbonyl (C=O) groups is 1. The highest BCUT2D eigenvalue weighted by molar-refractivity contribution is 5.95. The first kappa shape index (κ1) is 15.9. The van der Waals surface area contributed by atoms with Crippen molar-refractivity contribution in [2.24, 2.45) is 0 Å². The Morgan fingerprint density at radius 2 is 1.95 bits per heavy atom. The minimum Gasteiger partial charge on any atom is -0.478 e. The number of carboxylic acid groups (broad SMARTS) is 1. The predicted molar refractivity (Wildman–Crippen MR) is 76.5 cm³/mol. The Bertz CT molecular complexity index is 502. The molecular formula is C13H19N3O4. The van der Waals surface area contributed by atoms with Gasteiger partial charge in [-0.25, -0.2) is 4.79 Å². The van der Waals surface area contributed by atoms with Gasteiger partial charge in [-0.15, -0.1) is 0 Å². The topological polar surface area (TPSA) is 86.9 Å². The average Bonchev–Trinajstić information content (AvgIpc) is 2.37. The zero-order chi connectivity index (χ0) is 15.3. The predicted octanol–water partition coefficient (Wildman–Crippen LogP) is 1.68. The van der Waals surface area contributed by atoms with Crippen LogP contribution in [0.5, 0.6) is 0 Å². The van der Waals surface area contributed by atoms with Crippen LogP contribution in [-0.2, 0) is 0 Å². The van der Waals surface area contributed by atoms with Crippen LogP contribution in [0.1, 0.15) is 16.8 Å². The number of nitrogens with zero attached hydrogens (tertiary/aromatic N) is 3. The SMILES string of the molecule is CN(C)CCCN(C)c1cc([N+](=O)[O-])ccc1C(=O)O. The highest BCUT2D eigenvalue weighted by atomic mass is 16.6. The van der Waals surface area contributed by atoms with E-state index in [-0.39, 0.29) is 11.3 Å². The quantitative estimate of drug-likeness (QED) is 0.604. The Hall–Kier alpha value is -2.15. The molecule has 20 heavy (non-hydrogen) atoms. The van der Waals surface area contributed by atoms with E-state index in [1.54, 1.807) is 11.9 Å². The summed E-state index contributed by atoms with van der Waals surface area (Å²) in [5, 5.41) is 19.9. The first-order valence-corrected chi connectivity index (χ1v) is 6.20. The average molecular weight is 281 g/mol. The van der Waals surface area contributed by atoms with Crippen molar-refractivity contribution in [3.05, 3.63) is 33.9 Å². The van der Waals surface area contributed by atoms with E-state index < -0.39 is 10.9 Å². The fourth-order valence-electron chi connectivity index (χ4n) is 1.87. The zero-order valence-electron chi connectivity index (χ0n) is 11.9. The van der Waals surface area contributed by atoms with E-state index in [2.05, 4.69) is 0 Å². The van der Waals surface area contributed by atoms with Crippen LogP contribution in [-0.4, -0.2) is 55.1 Å². The summed E-state index contributed by atoms with van der Waals surface area (Å²) in [5.41, 5.74) is 0.331. The molecule has 0 saturated carbocycles. The van der Waals surface area contributed by atoms with Gasteiger partial charge in [-0.2, -0.15) is 0 Å². The van der Waals surface area contributed by atoms with Gasteiger partial charge in [0.2, 0.25) is 0 Å². The minimum atomic E-state index is -1.09. The van der Waals surface area contributed by atoms with Gasteiger partial charge in [-0.05, 0) is 33.1 Å². The fourth-order valence-corrected chi connectivity index (χ4v) is 1.87. The van der Waals surface area contributed by atoms with E-state index in [4.69, 9.17) is 5.11 Å². The van der Waals surface area contributed by atoms with Crippen LogP contribution in [0.2, 0.25) is 0 Å². The van der Waals surface area contributed by atoms with Crippen molar-refractivity contribution in [3.8, 4) is 0 Å². The molecule has 0 amide bonds. The molecule has 0 aliphatic carbocycles. The van der Waals surface area contributed by atoms with Crippen LogP contribution < -0.4 is 4.90 Å². The standard InChI is InChI=1S/C13H19N3O4/c1-14(2)7-4-8-15(3)12-9-10(16(19)20)5-6-11(12)13(17)18/h5-6,9H,4,7-8H2,1-3H3,(H,17,18). The van der Waals surface area contributed by atoms with Crippen molar-refractivity contribution in [1.29, 1.82) is 0 Å². The molecule has 1 rings (SSSR count). The number of rotatable bonds is 7. The first-order valence-electron chi connectivity index (χ1n) is 6.20. The Labute approximate surface area is 117 Å². The summed E-state index contributed by atoms with van der Waals surface area (Å²) in [5.74, 6) is -1.09. The highest BCUT2D eigenvalue weighted by Crippen LogP contribution is 2.25. The molecule has 1 N–H and O–H groups in total. The van der Waals surface area contributed by atoms with Gasteiger partial charge in [0, 0.05) is 25.7 Å². The van der Waals surface area contributed by atoms with Crippen LogP contribution in [0.4, 0.5) is 11.4 Å². The van der Waals surface area contributed by atoms with Gasteiger partial charge >= 0.3 is 5.97 Å². The third-order valence-corrected chi connectivity index (χ3v) is 2.93. The molecule has 0 heterocycles. The number of hydrogen-bond acceptors (Lipinski definition) is 5. The number of hydrogen-bond donors (Lipinski definition) is 1. The van der Waals surface area contributed by atoms with Gasteiger partial charge in [-0.1, -0.05) is 0 Å². The molecule has 0 aromatic heterocycles. The van der Waals surface area contributed by atoms with Gasteiger partial charge in [0.25, 0.3) is 5.69 Å². The van der Waals surface area contributed by atoms with Crippen molar-refractivity contribution in [1.82, 2.24) is 4.90 Å². The molecule has 0 fully saturated rings. The summed E-state index contributed by atoms with van der Waals surface area (Å²) in [6, 6.07) is 3.79. The van der Waals surface area contributed by atoms with E-state index >= 15 is 0 Å². The maximum absolute atomic E-state index is 11.2. The number of nitro benzene ring substituents is 1. The van der Waals surface area contributed by atoms with Gasteiger partial charge in [-0.3, -0.25) is 10.1 Å². The summed E-state index contributed by atoms with van der Waals surface area (Å²) in [6.07, 6.45) is 0.839. The number of nitro groups is 1. The lowest BCUT2D eigenvalue weighted by molar-refractivity contribution is -0.384. The van der Waals surface area contributed by atoms with Crippen LogP contribution in [0.3, 0.4) is 0 Å². The number of benzene rings is 1. The second-order valence-corrected chi connectivity index (χ2v) is 4.84. The third-order valence-electron chi connectivity index (χ3n) is 2.93. The molecule has 7 nitrogen and oxygen atoms in total. The molecule has 7 heteroatoms. The fraction of sp³-hybridized carbons (Fsp3) is 0.462. The molecule has 1 aromatic carbocycles. The van der Waals surface area contributed by atoms with Gasteiger partial charge in [0.05, 0.1) is 16.2 Å². The minimum absolute atomic E-state index is 0.0722. The summed E-state index contributed by atoms with van der Waals surface area (Å²) in [6.45, 7) is 1.49. The summed E-state index contributed by atoms with van der Waals surface area (Å²) in [4.78, 5) is 25.2. The van der Waals surface area contributed by atoms with Crippen LogP contribution >= 0.6 is 0 Å². The molecule has 0 unspecified atom stereocenters. The number of carboxylic acids is 1. The molecule has 0 aliphatic rings. The van der Waals surface area contributed by atoms with E-state index in [1.807, 2.05) is 19.0 Å². The van der Waals surface area contributed by atoms with Crippen LogP contribution in [0.25, 0.3) is 0 Å². The molecular weight excluding hydrogens is 262 g/mol. The lowest BCUT2D eigenvalue weighted by Gasteiger charge is -2.22. The largest absolute Gasteiger partial charge is 0.478 e. The number of aromatic carboxylic acids is 1. The Balaban J connectivity index is 2.96. The van der Waals surface area contributed by atoms with E-state index in [1.165, 1.54) is 18.2 Å². The van der Waals surface area contributed by atoms with Crippen molar-refractivity contribution in [2.45, 2.75) is 6.42 Å². The molecule has 0 aliphatic heterocycles. The Morgan fingerprint density at radius 3 is 2.45 bits per heavy atom. The van der Waals surface area contributed by atoms with Gasteiger partial charge in [0.15, 0.2) is 0 Å². The van der Waals surface area contributed by atoms with Crippen molar-refractivity contribution in [3.63, 3.8) is 0 Å². The first-order chi connectivity index (χ1) is 9.32. The zero-order valence-corrected chi connectivity index (χ0v) is 11.9. The van der Waals surface area contributed by atoms with E-state index in [9.17, 15) is 14.9 Å². The normalized spacial score (nSPS) is 10.6. The van der Waals surface area contributed by atoms with E-state index in [0.29, 0.717) is 12.2 Å². The van der Waals surface area contributed by atoms with Crippen molar-refractivity contribution < 1.29 is 14.8 Å². The molecule has 0 saturated heterocycles. The maximum Gasteiger partial charge on any atom is 0.337 e. The molecule has 0 radical (unpaired) electrons. The summed E-state index contributed by atoms with van der Waals surface area (Å²) in [7, 11) is 5.65. The second kappa shape index (κ2) is 6.85. The van der Waals surface area contributed by atoms with Crippen LogP contribution in [0, 0.1) is 10.1 Å². The molecule has 0 spiro atoms. The smallest absolute Gasteiger partial charge is 0.337 e. The maximum atomic E-state index is 11.2. The highest BCUT2D eigenvalue weighted by Gasteiger charge is 2.18. The Morgan fingerprint density at radius 1 is 1.30 bits per heavy atom. The number of non-ortho nitro benzene ring substituents is 1. The van der Waals surface area contributed by atoms with Crippen molar-refractivity contribution >= 4 is 17.3 Å². The Kier molecular flexibility index (Phi) is 5.45. The monoisotopic (exact) mass is 281 g/mol. The summed E-state index contributed by atoms with van der Waals surface area (Å²) >= 11 is 0. The second-order valence-electron chi connectivity index (χ2n) is 4.84. The molecule has 1 aromatic rings. The van der Waals surface area contributed by atoms with E-state index in [0.717, 1.165) is 13.0 Å². The molecule has 0 atom stereocenters. The van der Waals surface area contributed by atoms with Crippen LogP contribution in [0.15, 0.2) is 18.2 Å². The number of anilines is 1. The summed E-state index contributed by atoms with van der Waals surface area (Å²) < 4.78 is 0. The lowest BCUT2D eigenvalue weighted by atomic mass is 10.1. The molecule has 110 valence electrons.